The monoisotopic (exact) mass is 353 g/mol. The van der Waals surface area contributed by atoms with Crippen LogP contribution in [0.3, 0.4) is 0 Å². The van der Waals surface area contributed by atoms with Crippen molar-refractivity contribution >= 4 is 6.09 Å². The van der Waals surface area contributed by atoms with Crippen LogP contribution >= 0.6 is 0 Å². The Bertz CT molecular complexity index is 966. The van der Waals surface area contributed by atoms with Crippen LogP contribution in [-0.2, 0) is 4.74 Å². The summed E-state index contributed by atoms with van der Waals surface area (Å²) in [6.45, 7) is 0. The minimum Gasteiger partial charge on any atom is -0.439 e. The quantitative estimate of drug-likeness (QED) is 0.775. The van der Waals surface area contributed by atoms with E-state index in [4.69, 9.17) is 4.74 Å². The van der Waals surface area contributed by atoms with Crippen molar-refractivity contribution in [3.05, 3.63) is 83.7 Å². The Kier molecular flexibility index (Phi) is 4.04. The van der Waals surface area contributed by atoms with Crippen molar-refractivity contribution in [2.75, 3.05) is 0 Å². The number of amides is 1. The summed E-state index contributed by atoms with van der Waals surface area (Å²) in [5.41, 5.74) is 1.19. The van der Waals surface area contributed by atoms with Gasteiger partial charge in [0.25, 0.3) is 0 Å². The maximum atomic E-state index is 14.2. The van der Waals surface area contributed by atoms with Crippen LogP contribution < -0.4 is 5.32 Å². The highest BCUT2D eigenvalue weighted by Crippen LogP contribution is 2.37. The number of benzene rings is 2. The fourth-order valence-electron chi connectivity index (χ4n) is 2.90. The molecule has 1 aliphatic heterocycles. The predicted octanol–water partition coefficient (Wildman–Crippen LogP) is 3.94. The Hall–Kier alpha value is -3.35. The van der Waals surface area contributed by atoms with E-state index in [1.165, 1.54) is 0 Å². The first-order valence-corrected chi connectivity index (χ1v) is 7.92. The number of ether oxygens (including phenoxy) is 1. The lowest BCUT2D eigenvalue weighted by Gasteiger charge is -2.18. The Morgan fingerprint density at radius 3 is 2.65 bits per heavy atom. The highest BCUT2D eigenvalue weighted by atomic mass is 19.1. The third kappa shape index (κ3) is 2.99. The van der Waals surface area contributed by atoms with Gasteiger partial charge in [0.15, 0.2) is 11.9 Å². The average molecular weight is 353 g/mol. The second kappa shape index (κ2) is 6.51. The van der Waals surface area contributed by atoms with Crippen LogP contribution in [0.4, 0.5) is 13.6 Å². The number of rotatable bonds is 3. The summed E-state index contributed by atoms with van der Waals surface area (Å²) in [7, 11) is 0. The van der Waals surface area contributed by atoms with E-state index in [1.54, 1.807) is 12.3 Å². The van der Waals surface area contributed by atoms with Crippen molar-refractivity contribution in [1.82, 2.24) is 15.3 Å². The third-order valence-electron chi connectivity index (χ3n) is 4.10. The van der Waals surface area contributed by atoms with E-state index >= 15 is 0 Å². The lowest BCUT2D eigenvalue weighted by Crippen LogP contribution is -2.21. The zero-order valence-electron chi connectivity index (χ0n) is 13.4. The highest BCUT2D eigenvalue weighted by Gasteiger charge is 2.39. The van der Waals surface area contributed by atoms with Gasteiger partial charge in [-0.25, -0.2) is 23.5 Å². The van der Waals surface area contributed by atoms with Gasteiger partial charge in [-0.2, -0.15) is 0 Å². The van der Waals surface area contributed by atoms with E-state index in [9.17, 15) is 13.6 Å². The van der Waals surface area contributed by atoms with E-state index in [0.717, 1.165) is 23.8 Å². The molecule has 1 fully saturated rings. The Balaban J connectivity index is 1.74. The molecule has 1 aliphatic rings. The van der Waals surface area contributed by atoms with Crippen molar-refractivity contribution in [2.45, 2.75) is 12.1 Å². The number of hydrogen-bond donors (Lipinski definition) is 1. The molecular weight excluding hydrogens is 340 g/mol. The normalized spacial score (nSPS) is 19.1. The summed E-state index contributed by atoms with van der Waals surface area (Å²) in [6.07, 6.45) is -0.200. The molecule has 0 saturated carbocycles. The zero-order chi connectivity index (χ0) is 18.1. The number of carbonyl (C=O) groups is 1. The number of aromatic nitrogens is 2. The van der Waals surface area contributed by atoms with Crippen molar-refractivity contribution < 1.29 is 18.3 Å². The van der Waals surface area contributed by atoms with E-state index in [-0.39, 0.29) is 5.56 Å². The van der Waals surface area contributed by atoms with Gasteiger partial charge in [-0.1, -0.05) is 30.3 Å². The number of hydrogen-bond acceptors (Lipinski definition) is 4. The maximum absolute atomic E-state index is 14.2. The van der Waals surface area contributed by atoms with Gasteiger partial charge in [-0.05, 0) is 24.3 Å². The van der Waals surface area contributed by atoms with E-state index in [1.807, 2.05) is 30.3 Å². The van der Waals surface area contributed by atoms with Gasteiger partial charge < -0.3 is 10.1 Å². The van der Waals surface area contributed by atoms with Crippen LogP contribution in [0.15, 0.2) is 60.8 Å². The molecule has 0 radical (unpaired) electrons. The van der Waals surface area contributed by atoms with Gasteiger partial charge in [0.05, 0.1) is 5.69 Å². The van der Waals surface area contributed by atoms with Crippen LogP contribution in [0, 0.1) is 11.6 Å². The standard InChI is InChI=1S/C19H13F2N3O2/c20-12-6-7-14(21)13(10-12)17-16(24-19(25)26-17)15-8-9-22-18(23-15)11-4-2-1-3-5-11/h1-10,16-17H,(H,24,25)/t16-,17-/m1/s1. The van der Waals surface area contributed by atoms with E-state index in [0.29, 0.717) is 11.5 Å². The van der Waals surface area contributed by atoms with Gasteiger partial charge >= 0.3 is 6.09 Å². The smallest absolute Gasteiger partial charge is 0.408 e. The van der Waals surface area contributed by atoms with Crippen LogP contribution in [0.25, 0.3) is 11.4 Å². The van der Waals surface area contributed by atoms with Crippen molar-refractivity contribution in [1.29, 1.82) is 0 Å². The molecule has 0 bridgehead atoms. The molecule has 1 amide bonds. The van der Waals surface area contributed by atoms with Crippen LogP contribution in [0.1, 0.15) is 23.4 Å². The zero-order valence-corrected chi connectivity index (χ0v) is 13.4. The molecule has 2 aromatic carbocycles. The van der Waals surface area contributed by atoms with Crippen LogP contribution in [0.2, 0.25) is 0 Å². The molecule has 0 unspecified atom stereocenters. The summed E-state index contributed by atoms with van der Waals surface area (Å²) >= 11 is 0. The van der Waals surface area contributed by atoms with E-state index in [2.05, 4.69) is 15.3 Å². The number of alkyl carbamates (subject to hydrolysis) is 1. The number of halogens is 2. The lowest BCUT2D eigenvalue weighted by atomic mass is 9.99. The van der Waals surface area contributed by atoms with E-state index < -0.39 is 29.9 Å². The molecule has 3 aromatic rings. The second-order valence-electron chi connectivity index (χ2n) is 5.78. The molecule has 26 heavy (non-hydrogen) atoms. The third-order valence-corrected chi connectivity index (χ3v) is 4.10. The molecule has 1 aromatic heterocycles. The molecule has 0 spiro atoms. The lowest BCUT2D eigenvalue weighted by molar-refractivity contribution is 0.129. The molecule has 7 heteroatoms. The van der Waals surface area contributed by atoms with Crippen molar-refractivity contribution in [2.24, 2.45) is 0 Å². The van der Waals surface area contributed by atoms with Gasteiger partial charge in [-0.15, -0.1) is 0 Å². The van der Waals surface area contributed by atoms with Crippen LogP contribution in [-0.4, -0.2) is 16.1 Å². The largest absolute Gasteiger partial charge is 0.439 e. The Labute approximate surface area is 147 Å². The fraction of sp³-hybridized carbons (Fsp3) is 0.105. The summed E-state index contributed by atoms with van der Waals surface area (Å²) < 4.78 is 32.9. The molecule has 4 rings (SSSR count). The molecule has 2 atom stereocenters. The summed E-state index contributed by atoms with van der Waals surface area (Å²) in [5, 5.41) is 2.60. The number of nitrogens with zero attached hydrogens (tertiary/aromatic N) is 2. The SMILES string of the molecule is O=C1N[C@H](c2ccnc(-c3ccccc3)n2)[C@@H](c2cc(F)ccc2F)O1. The molecular formula is C19H13F2N3O2. The number of nitrogens with one attached hydrogen (secondary N) is 1. The van der Waals surface area contributed by atoms with Gasteiger partial charge in [0.2, 0.25) is 0 Å². The number of carbonyl (C=O) groups excluding carboxylic acids is 1. The highest BCUT2D eigenvalue weighted by molar-refractivity contribution is 5.71. The van der Waals surface area contributed by atoms with Crippen molar-refractivity contribution in [3.63, 3.8) is 0 Å². The first kappa shape index (κ1) is 16.1. The topological polar surface area (TPSA) is 64.1 Å². The van der Waals surface area contributed by atoms with Crippen molar-refractivity contribution in [3.8, 4) is 11.4 Å². The Morgan fingerprint density at radius 1 is 1.04 bits per heavy atom. The Morgan fingerprint density at radius 2 is 1.85 bits per heavy atom. The second-order valence-corrected chi connectivity index (χ2v) is 5.78. The van der Waals surface area contributed by atoms with Gasteiger partial charge in [-0.3, -0.25) is 0 Å². The first-order valence-electron chi connectivity index (χ1n) is 7.92. The average Bonchev–Trinajstić information content (AvgIpc) is 3.06. The first-order chi connectivity index (χ1) is 12.6. The number of cyclic esters (lactones) is 1. The summed E-state index contributed by atoms with van der Waals surface area (Å²) in [4.78, 5) is 20.5. The molecule has 130 valence electrons. The molecule has 1 saturated heterocycles. The molecule has 1 N–H and O–H groups in total. The minimum absolute atomic E-state index is 0.0479. The molecule has 2 heterocycles. The maximum Gasteiger partial charge on any atom is 0.408 e. The fourth-order valence-corrected chi connectivity index (χ4v) is 2.90. The van der Waals surface area contributed by atoms with Gasteiger partial charge in [0.1, 0.15) is 17.7 Å². The summed E-state index contributed by atoms with van der Waals surface area (Å²) in [6, 6.07) is 13.2. The molecule has 5 nitrogen and oxygen atoms in total. The predicted molar refractivity (Wildman–Crippen MR) is 88.9 cm³/mol. The molecule has 0 aliphatic carbocycles. The van der Waals surface area contributed by atoms with Gasteiger partial charge in [0, 0.05) is 17.3 Å². The van der Waals surface area contributed by atoms with Crippen LogP contribution in [0.5, 0.6) is 0 Å². The summed E-state index contributed by atoms with van der Waals surface area (Å²) in [5.74, 6) is -0.811. The minimum atomic E-state index is -1.03.